The summed E-state index contributed by atoms with van der Waals surface area (Å²) in [6, 6.07) is 10.2. The van der Waals surface area contributed by atoms with Crippen LogP contribution in [0.25, 0.3) is 0 Å². The molecular weight excluding hydrogens is 298 g/mol. The monoisotopic (exact) mass is 329 g/mol. The summed E-state index contributed by atoms with van der Waals surface area (Å²) >= 11 is 0. The summed E-state index contributed by atoms with van der Waals surface area (Å²) in [5.41, 5.74) is 2.32. The molecule has 132 valence electrons. The fourth-order valence-electron chi connectivity index (χ4n) is 3.87. The van der Waals surface area contributed by atoms with Crippen molar-refractivity contribution in [1.29, 1.82) is 0 Å². The number of rotatable bonds is 5. The highest BCUT2D eigenvalue weighted by Gasteiger charge is 2.28. The molecule has 2 atom stereocenters. The molecule has 0 radical (unpaired) electrons. The minimum atomic E-state index is 0.257. The van der Waals surface area contributed by atoms with Crippen molar-refractivity contribution in [1.82, 2.24) is 5.32 Å². The van der Waals surface area contributed by atoms with Gasteiger partial charge in [0.1, 0.15) is 0 Å². The molecule has 2 aliphatic heterocycles. The molecule has 1 aromatic carbocycles. The normalized spacial score (nSPS) is 23.8. The summed E-state index contributed by atoms with van der Waals surface area (Å²) < 4.78 is 0. The van der Waals surface area contributed by atoms with Crippen LogP contribution in [-0.4, -0.2) is 37.1 Å². The van der Waals surface area contributed by atoms with Crippen LogP contribution in [0.5, 0.6) is 0 Å². The maximum Gasteiger partial charge on any atom is 0.227 e. The van der Waals surface area contributed by atoms with Crippen molar-refractivity contribution >= 4 is 17.3 Å². The van der Waals surface area contributed by atoms with E-state index in [1.807, 2.05) is 4.90 Å². The van der Waals surface area contributed by atoms with Gasteiger partial charge in [0.2, 0.25) is 5.91 Å². The zero-order chi connectivity index (χ0) is 17.1. The van der Waals surface area contributed by atoms with Crippen LogP contribution < -0.4 is 15.1 Å². The van der Waals surface area contributed by atoms with Crippen molar-refractivity contribution in [3.05, 3.63) is 24.3 Å². The number of benzene rings is 1. The van der Waals surface area contributed by atoms with E-state index in [0.29, 0.717) is 24.5 Å². The Morgan fingerprint density at radius 3 is 2.29 bits per heavy atom. The number of piperidine rings is 1. The van der Waals surface area contributed by atoms with Crippen molar-refractivity contribution in [3.63, 3.8) is 0 Å². The van der Waals surface area contributed by atoms with Crippen molar-refractivity contribution in [2.45, 2.75) is 71.0 Å². The minimum absolute atomic E-state index is 0.257. The quantitative estimate of drug-likeness (QED) is 0.897. The van der Waals surface area contributed by atoms with E-state index in [0.717, 1.165) is 25.2 Å². The zero-order valence-electron chi connectivity index (χ0n) is 15.3. The molecule has 2 fully saturated rings. The molecule has 24 heavy (non-hydrogen) atoms. The lowest BCUT2D eigenvalue weighted by Crippen LogP contribution is -2.45. The SMILES string of the molecule is CC[C@@H](C)NC1CCN(c2ccc(N3C(=O)CC[C@H]3C)cc2)CC1. The van der Waals surface area contributed by atoms with Gasteiger partial charge in [0.05, 0.1) is 0 Å². The highest BCUT2D eigenvalue weighted by Crippen LogP contribution is 2.29. The Hall–Kier alpha value is -1.55. The number of hydrogen-bond donors (Lipinski definition) is 1. The first-order chi connectivity index (χ1) is 11.6. The Kier molecular flexibility index (Phi) is 5.44. The largest absolute Gasteiger partial charge is 0.371 e. The van der Waals surface area contributed by atoms with Gasteiger partial charge in [-0.1, -0.05) is 6.92 Å². The van der Waals surface area contributed by atoms with Gasteiger partial charge < -0.3 is 15.1 Å². The molecule has 0 bridgehead atoms. The predicted octanol–water partition coefficient (Wildman–Crippen LogP) is 3.56. The first kappa shape index (κ1) is 17.3. The molecule has 0 aromatic heterocycles. The Morgan fingerprint density at radius 1 is 1.12 bits per heavy atom. The van der Waals surface area contributed by atoms with Crippen LogP contribution in [0.1, 0.15) is 52.9 Å². The molecule has 0 unspecified atom stereocenters. The third-order valence-corrected chi connectivity index (χ3v) is 5.61. The minimum Gasteiger partial charge on any atom is -0.371 e. The number of carbonyl (C=O) groups excluding carboxylic acids is 1. The molecule has 1 aromatic rings. The fraction of sp³-hybridized carbons (Fsp3) is 0.650. The van der Waals surface area contributed by atoms with Crippen molar-refractivity contribution < 1.29 is 4.79 Å². The Balaban J connectivity index is 1.58. The van der Waals surface area contributed by atoms with Crippen LogP contribution in [0.15, 0.2) is 24.3 Å². The zero-order valence-corrected chi connectivity index (χ0v) is 15.3. The van der Waals surface area contributed by atoms with E-state index >= 15 is 0 Å². The van der Waals surface area contributed by atoms with Gasteiger partial charge in [-0.25, -0.2) is 0 Å². The third-order valence-electron chi connectivity index (χ3n) is 5.61. The van der Waals surface area contributed by atoms with Crippen LogP contribution in [0.3, 0.4) is 0 Å². The average molecular weight is 329 g/mol. The molecule has 0 aliphatic carbocycles. The lowest BCUT2D eigenvalue weighted by Gasteiger charge is -2.35. The smallest absolute Gasteiger partial charge is 0.227 e. The number of nitrogens with zero attached hydrogens (tertiary/aromatic N) is 2. The summed E-state index contributed by atoms with van der Waals surface area (Å²) in [7, 11) is 0. The van der Waals surface area contributed by atoms with Gasteiger partial charge in [0.25, 0.3) is 0 Å². The number of carbonyl (C=O) groups is 1. The molecule has 2 heterocycles. The van der Waals surface area contributed by atoms with Crippen LogP contribution in [0, 0.1) is 0 Å². The lowest BCUT2D eigenvalue weighted by molar-refractivity contribution is -0.117. The van der Waals surface area contributed by atoms with E-state index in [9.17, 15) is 4.79 Å². The predicted molar refractivity (Wildman–Crippen MR) is 101 cm³/mol. The van der Waals surface area contributed by atoms with Crippen LogP contribution in [0.4, 0.5) is 11.4 Å². The second-order valence-corrected chi connectivity index (χ2v) is 7.41. The molecule has 1 amide bonds. The van der Waals surface area contributed by atoms with Gasteiger partial charge in [-0.3, -0.25) is 4.79 Å². The van der Waals surface area contributed by atoms with E-state index < -0.39 is 0 Å². The maximum absolute atomic E-state index is 12.0. The number of nitrogens with one attached hydrogen (secondary N) is 1. The van der Waals surface area contributed by atoms with Crippen LogP contribution in [0.2, 0.25) is 0 Å². The van der Waals surface area contributed by atoms with E-state index in [4.69, 9.17) is 0 Å². The first-order valence-electron chi connectivity index (χ1n) is 9.51. The molecule has 2 saturated heterocycles. The van der Waals surface area contributed by atoms with Crippen molar-refractivity contribution in [2.75, 3.05) is 22.9 Å². The van der Waals surface area contributed by atoms with E-state index in [1.165, 1.54) is 24.9 Å². The summed E-state index contributed by atoms with van der Waals surface area (Å²) in [6.45, 7) is 8.85. The molecule has 1 N–H and O–H groups in total. The van der Waals surface area contributed by atoms with E-state index in [1.54, 1.807) is 0 Å². The molecule has 2 aliphatic rings. The molecule has 4 heteroatoms. The summed E-state index contributed by atoms with van der Waals surface area (Å²) in [4.78, 5) is 16.4. The van der Waals surface area contributed by atoms with E-state index in [-0.39, 0.29) is 5.91 Å². The van der Waals surface area contributed by atoms with Gasteiger partial charge in [0.15, 0.2) is 0 Å². The second-order valence-electron chi connectivity index (χ2n) is 7.41. The maximum atomic E-state index is 12.0. The second kappa shape index (κ2) is 7.56. The number of anilines is 2. The fourth-order valence-corrected chi connectivity index (χ4v) is 3.87. The summed E-state index contributed by atoms with van der Waals surface area (Å²) in [5, 5.41) is 3.73. The Labute approximate surface area is 146 Å². The van der Waals surface area contributed by atoms with Gasteiger partial charge in [-0.2, -0.15) is 0 Å². The van der Waals surface area contributed by atoms with Gasteiger partial charge in [-0.15, -0.1) is 0 Å². The highest BCUT2D eigenvalue weighted by molar-refractivity contribution is 5.96. The van der Waals surface area contributed by atoms with Crippen molar-refractivity contribution in [2.24, 2.45) is 0 Å². The number of amides is 1. The Morgan fingerprint density at radius 2 is 1.75 bits per heavy atom. The lowest BCUT2D eigenvalue weighted by atomic mass is 10.0. The molecular formula is C20H31N3O. The highest BCUT2D eigenvalue weighted by atomic mass is 16.2. The van der Waals surface area contributed by atoms with E-state index in [2.05, 4.69) is 55.3 Å². The number of hydrogen-bond acceptors (Lipinski definition) is 3. The molecule has 4 nitrogen and oxygen atoms in total. The van der Waals surface area contributed by atoms with Crippen molar-refractivity contribution in [3.8, 4) is 0 Å². The first-order valence-corrected chi connectivity index (χ1v) is 9.51. The topological polar surface area (TPSA) is 35.6 Å². The van der Waals surface area contributed by atoms with Gasteiger partial charge in [0, 0.05) is 49.0 Å². The van der Waals surface area contributed by atoms with Crippen LogP contribution in [-0.2, 0) is 4.79 Å². The standard InChI is InChI=1S/C20H31N3O/c1-4-15(2)21-17-11-13-22(14-12-17)18-6-8-19(9-7-18)23-16(3)5-10-20(23)24/h6-9,15-17,21H,4-5,10-14H2,1-3H3/t15-,16-/m1/s1. The molecule has 3 rings (SSSR count). The van der Waals surface area contributed by atoms with Crippen LogP contribution >= 0.6 is 0 Å². The molecule has 0 spiro atoms. The van der Waals surface area contributed by atoms with Gasteiger partial charge in [-0.05, 0) is 63.8 Å². The molecule has 0 saturated carbocycles. The average Bonchev–Trinajstić information content (AvgIpc) is 2.94. The Bertz CT molecular complexity index is 549. The van der Waals surface area contributed by atoms with Gasteiger partial charge >= 0.3 is 0 Å². The third kappa shape index (κ3) is 3.75. The summed E-state index contributed by atoms with van der Waals surface area (Å²) in [5.74, 6) is 0.257. The summed E-state index contributed by atoms with van der Waals surface area (Å²) in [6.07, 6.45) is 5.24.